The number of nitrogens with one attached hydrogen (secondary N) is 1. The van der Waals surface area contributed by atoms with Gasteiger partial charge in [-0.1, -0.05) is 54.1 Å². The number of fused-ring (bicyclic) bond motifs is 1. The Hall–Kier alpha value is -1.39. The number of rotatable bonds is 5. The highest BCUT2D eigenvalue weighted by Gasteiger charge is 2.09. The molecule has 3 aromatic rings. The third-order valence-corrected chi connectivity index (χ3v) is 5.14. The lowest BCUT2D eigenvalue weighted by Gasteiger charge is -2.05. The minimum Gasteiger partial charge on any atom is -0.392 e. The van der Waals surface area contributed by atoms with Crippen molar-refractivity contribution < 1.29 is 5.11 Å². The highest BCUT2D eigenvalue weighted by Crippen LogP contribution is 2.34. The van der Waals surface area contributed by atoms with Crippen LogP contribution in [0.3, 0.4) is 0 Å². The second-order valence-corrected chi connectivity index (χ2v) is 6.43. The van der Waals surface area contributed by atoms with Crippen LogP contribution in [0.4, 0.5) is 0 Å². The molecular formula is C17H16ClNOS. The topological polar surface area (TPSA) is 32.3 Å². The third-order valence-electron chi connectivity index (χ3n) is 3.42. The molecule has 0 amide bonds. The van der Waals surface area contributed by atoms with E-state index in [1.807, 2.05) is 36.4 Å². The summed E-state index contributed by atoms with van der Waals surface area (Å²) < 4.78 is 1.23. The van der Waals surface area contributed by atoms with E-state index in [-0.39, 0.29) is 6.61 Å². The van der Waals surface area contributed by atoms with E-state index in [1.165, 1.54) is 15.1 Å². The highest BCUT2D eigenvalue weighted by atomic mass is 35.5. The number of hydrogen-bond donors (Lipinski definition) is 2. The minimum atomic E-state index is 0.0884. The first-order valence-electron chi connectivity index (χ1n) is 6.83. The van der Waals surface area contributed by atoms with Gasteiger partial charge in [0.25, 0.3) is 0 Å². The molecule has 0 atom stereocenters. The van der Waals surface area contributed by atoms with E-state index >= 15 is 0 Å². The molecule has 3 rings (SSSR count). The molecule has 0 saturated carbocycles. The second kappa shape index (κ2) is 6.58. The van der Waals surface area contributed by atoms with Crippen molar-refractivity contribution in [2.75, 3.05) is 0 Å². The van der Waals surface area contributed by atoms with Crippen LogP contribution in [0.25, 0.3) is 10.1 Å². The fourth-order valence-corrected chi connectivity index (χ4v) is 3.73. The fraction of sp³-hybridized carbons (Fsp3) is 0.176. The van der Waals surface area contributed by atoms with Gasteiger partial charge < -0.3 is 10.4 Å². The van der Waals surface area contributed by atoms with Crippen LogP contribution in [0.1, 0.15) is 16.0 Å². The molecule has 0 aliphatic rings. The minimum absolute atomic E-state index is 0.0884. The van der Waals surface area contributed by atoms with Crippen molar-refractivity contribution in [2.45, 2.75) is 19.7 Å². The maximum atomic E-state index is 9.02. The van der Waals surface area contributed by atoms with E-state index in [0.29, 0.717) is 0 Å². The maximum absolute atomic E-state index is 9.02. The van der Waals surface area contributed by atoms with Gasteiger partial charge in [-0.25, -0.2) is 0 Å². The molecule has 0 aliphatic heterocycles. The predicted molar refractivity (Wildman–Crippen MR) is 89.7 cm³/mol. The summed E-state index contributed by atoms with van der Waals surface area (Å²) in [6.07, 6.45) is 0. The lowest BCUT2D eigenvalue weighted by molar-refractivity contribution is 0.282. The van der Waals surface area contributed by atoms with Crippen molar-refractivity contribution in [1.29, 1.82) is 0 Å². The van der Waals surface area contributed by atoms with Gasteiger partial charge in [-0.3, -0.25) is 0 Å². The smallest absolute Gasteiger partial charge is 0.0681 e. The quantitative estimate of drug-likeness (QED) is 0.734. The standard InChI is InChI=1S/C17H16ClNOS/c18-17-14-3-1-2-4-15(14)21-16(17)10-19-9-12-5-7-13(11-20)8-6-12/h1-8,19-20H,9-11H2. The van der Waals surface area contributed by atoms with Crippen LogP contribution >= 0.6 is 22.9 Å². The Bertz CT molecular complexity index is 736. The van der Waals surface area contributed by atoms with E-state index < -0.39 is 0 Å². The number of halogens is 1. The van der Waals surface area contributed by atoms with Crippen molar-refractivity contribution in [2.24, 2.45) is 0 Å². The first-order valence-corrected chi connectivity index (χ1v) is 8.02. The molecule has 108 valence electrons. The SMILES string of the molecule is OCc1ccc(CNCc2sc3ccccc3c2Cl)cc1. The molecule has 0 spiro atoms. The van der Waals surface area contributed by atoms with E-state index in [1.54, 1.807) is 11.3 Å². The monoisotopic (exact) mass is 317 g/mol. The second-order valence-electron chi connectivity index (χ2n) is 4.91. The summed E-state index contributed by atoms with van der Waals surface area (Å²) in [5.41, 5.74) is 2.13. The van der Waals surface area contributed by atoms with Gasteiger partial charge in [0.1, 0.15) is 0 Å². The summed E-state index contributed by atoms with van der Waals surface area (Å²) in [6.45, 7) is 1.64. The molecule has 1 aromatic heterocycles. The molecule has 21 heavy (non-hydrogen) atoms. The number of aliphatic hydroxyl groups excluding tert-OH is 1. The Morgan fingerprint density at radius 3 is 2.38 bits per heavy atom. The predicted octanol–water partition coefficient (Wildman–Crippen LogP) is 4.34. The average Bonchev–Trinajstić information content (AvgIpc) is 2.85. The van der Waals surface area contributed by atoms with Gasteiger partial charge in [-0.15, -0.1) is 11.3 Å². The third kappa shape index (κ3) is 3.27. The normalized spacial score (nSPS) is 11.1. The molecule has 2 nitrogen and oxygen atoms in total. The molecule has 2 aromatic carbocycles. The van der Waals surface area contributed by atoms with Gasteiger partial charge in [0.05, 0.1) is 11.6 Å². The number of hydrogen-bond acceptors (Lipinski definition) is 3. The summed E-state index contributed by atoms with van der Waals surface area (Å²) >= 11 is 8.16. The molecular weight excluding hydrogens is 302 g/mol. The average molecular weight is 318 g/mol. The van der Waals surface area contributed by atoms with Gasteiger partial charge in [0.15, 0.2) is 0 Å². The van der Waals surface area contributed by atoms with Crippen LogP contribution in [-0.4, -0.2) is 5.11 Å². The zero-order valence-electron chi connectivity index (χ0n) is 11.5. The van der Waals surface area contributed by atoms with E-state index in [9.17, 15) is 0 Å². The first-order chi connectivity index (χ1) is 10.3. The fourth-order valence-electron chi connectivity index (χ4n) is 2.26. The van der Waals surface area contributed by atoms with Gasteiger partial charge in [-0.05, 0) is 17.2 Å². The molecule has 2 N–H and O–H groups in total. The van der Waals surface area contributed by atoms with E-state index in [2.05, 4.69) is 17.4 Å². The van der Waals surface area contributed by atoms with Gasteiger partial charge in [-0.2, -0.15) is 0 Å². The van der Waals surface area contributed by atoms with Crippen molar-refractivity contribution in [3.63, 3.8) is 0 Å². The summed E-state index contributed by atoms with van der Waals surface area (Å²) in [6, 6.07) is 16.2. The van der Waals surface area contributed by atoms with E-state index in [4.69, 9.17) is 16.7 Å². The molecule has 0 unspecified atom stereocenters. The molecule has 0 fully saturated rings. The zero-order valence-corrected chi connectivity index (χ0v) is 13.0. The van der Waals surface area contributed by atoms with Crippen LogP contribution in [0, 0.1) is 0 Å². The molecule has 4 heteroatoms. The Balaban J connectivity index is 1.64. The van der Waals surface area contributed by atoms with Crippen LogP contribution in [-0.2, 0) is 19.7 Å². The summed E-state index contributed by atoms with van der Waals surface area (Å²) in [4.78, 5) is 1.17. The number of aliphatic hydroxyl groups is 1. The molecule has 0 saturated heterocycles. The van der Waals surface area contributed by atoms with Gasteiger partial charge in [0.2, 0.25) is 0 Å². The van der Waals surface area contributed by atoms with Crippen LogP contribution in [0.15, 0.2) is 48.5 Å². The summed E-state index contributed by atoms with van der Waals surface area (Å²) in [5, 5.41) is 14.4. The van der Waals surface area contributed by atoms with Crippen molar-refractivity contribution >= 4 is 33.0 Å². The largest absolute Gasteiger partial charge is 0.392 e. The summed E-state index contributed by atoms with van der Waals surface area (Å²) in [5.74, 6) is 0. The lowest BCUT2D eigenvalue weighted by atomic mass is 10.1. The van der Waals surface area contributed by atoms with Gasteiger partial charge >= 0.3 is 0 Å². The Kier molecular flexibility index (Phi) is 4.56. The van der Waals surface area contributed by atoms with Gasteiger partial charge in [0, 0.05) is 28.1 Å². The Morgan fingerprint density at radius 1 is 0.952 bits per heavy atom. The van der Waals surface area contributed by atoms with E-state index in [0.717, 1.165) is 29.1 Å². The first kappa shape index (κ1) is 14.5. The van der Waals surface area contributed by atoms with Crippen LogP contribution in [0.5, 0.6) is 0 Å². The molecule has 0 aliphatic carbocycles. The molecule has 1 heterocycles. The van der Waals surface area contributed by atoms with Crippen LogP contribution < -0.4 is 5.32 Å². The van der Waals surface area contributed by atoms with Crippen molar-refractivity contribution in [3.05, 3.63) is 69.6 Å². The van der Waals surface area contributed by atoms with Crippen molar-refractivity contribution in [3.8, 4) is 0 Å². The molecule has 0 bridgehead atoms. The van der Waals surface area contributed by atoms with Crippen molar-refractivity contribution in [1.82, 2.24) is 5.32 Å². The Labute approximate surface area is 133 Å². The maximum Gasteiger partial charge on any atom is 0.0681 e. The Morgan fingerprint density at radius 2 is 1.67 bits per heavy atom. The highest BCUT2D eigenvalue weighted by molar-refractivity contribution is 7.19. The lowest BCUT2D eigenvalue weighted by Crippen LogP contribution is -2.11. The number of benzene rings is 2. The molecule has 0 radical (unpaired) electrons. The number of thiophene rings is 1. The van der Waals surface area contributed by atoms with Crippen LogP contribution in [0.2, 0.25) is 5.02 Å². The zero-order chi connectivity index (χ0) is 14.7. The summed E-state index contributed by atoms with van der Waals surface area (Å²) in [7, 11) is 0.